The van der Waals surface area contributed by atoms with E-state index in [1.165, 1.54) is 7.11 Å². The van der Waals surface area contributed by atoms with Crippen molar-refractivity contribution in [3.8, 4) is 5.75 Å². The standard InChI is InChI=1S/C25H23N5O3/c1-33-23-18(25(32)28-21(24(26)31)15-17-5-3-2-4-6-17)8-10-20-22(23)19(29-30-20)9-7-16-11-13-27-14-12-16/h2-14,21H,15H2,1H3,(H2,26,31)(H,28,32)(H,29,30)/b9-7+. The second-order valence-corrected chi connectivity index (χ2v) is 7.41. The number of primary amides is 1. The number of pyridine rings is 1. The van der Waals surface area contributed by atoms with Crippen molar-refractivity contribution < 1.29 is 14.3 Å². The van der Waals surface area contributed by atoms with E-state index in [0.717, 1.165) is 11.1 Å². The number of rotatable bonds is 8. The smallest absolute Gasteiger partial charge is 0.255 e. The van der Waals surface area contributed by atoms with Gasteiger partial charge in [0.1, 0.15) is 11.8 Å². The molecule has 0 fully saturated rings. The summed E-state index contributed by atoms with van der Waals surface area (Å²) < 4.78 is 5.61. The fraction of sp³-hybridized carbons (Fsp3) is 0.120. The second-order valence-electron chi connectivity index (χ2n) is 7.41. The maximum absolute atomic E-state index is 13.1. The predicted molar refractivity (Wildman–Crippen MR) is 126 cm³/mol. The van der Waals surface area contributed by atoms with Crippen LogP contribution in [0.5, 0.6) is 5.75 Å². The molecule has 0 aliphatic heterocycles. The topological polar surface area (TPSA) is 123 Å². The highest BCUT2D eigenvalue weighted by Crippen LogP contribution is 2.32. The Kier molecular flexibility index (Phi) is 6.45. The summed E-state index contributed by atoms with van der Waals surface area (Å²) in [6.07, 6.45) is 7.47. The lowest BCUT2D eigenvalue weighted by Crippen LogP contribution is -2.45. The molecule has 4 rings (SSSR count). The molecule has 8 heteroatoms. The third kappa shape index (κ3) is 4.90. The number of H-pyrrole nitrogens is 1. The van der Waals surface area contributed by atoms with E-state index in [1.807, 2.05) is 54.6 Å². The zero-order chi connectivity index (χ0) is 23.2. The minimum Gasteiger partial charge on any atom is -0.495 e. The zero-order valence-corrected chi connectivity index (χ0v) is 18.0. The summed E-state index contributed by atoms with van der Waals surface area (Å²) in [5.41, 5.74) is 9.03. The van der Waals surface area contributed by atoms with E-state index in [4.69, 9.17) is 10.5 Å². The van der Waals surface area contributed by atoms with E-state index in [9.17, 15) is 9.59 Å². The molecule has 0 aliphatic rings. The highest BCUT2D eigenvalue weighted by Gasteiger charge is 2.23. The molecule has 1 atom stereocenters. The molecule has 8 nitrogen and oxygen atoms in total. The summed E-state index contributed by atoms with van der Waals surface area (Å²) in [6.45, 7) is 0. The first-order valence-electron chi connectivity index (χ1n) is 10.3. The van der Waals surface area contributed by atoms with Gasteiger partial charge in [0.15, 0.2) is 0 Å². The predicted octanol–water partition coefficient (Wildman–Crippen LogP) is 2.96. The minimum atomic E-state index is -0.865. The summed E-state index contributed by atoms with van der Waals surface area (Å²) in [5, 5.41) is 10.7. The van der Waals surface area contributed by atoms with E-state index in [2.05, 4.69) is 20.5 Å². The van der Waals surface area contributed by atoms with E-state index in [1.54, 1.807) is 24.5 Å². The Balaban J connectivity index is 1.64. The van der Waals surface area contributed by atoms with Gasteiger partial charge in [0.25, 0.3) is 5.91 Å². The number of aromatic nitrogens is 3. The number of hydrogen-bond donors (Lipinski definition) is 3. The molecule has 2 heterocycles. The molecule has 2 amide bonds. The number of nitrogens with two attached hydrogens (primary N) is 1. The van der Waals surface area contributed by atoms with Crippen molar-refractivity contribution in [1.29, 1.82) is 0 Å². The number of benzene rings is 2. The molecule has 2 aromatic heterocycles. The average Bonchev–Trinajstić information content (AvgIpc) is 3.26. The number of nitrogens with zero attached hydrogens (tertiary/aromatic N) is 2. The third-order valence-corrected chi connectivity index (χ3v) is 5.23. The van der Waals surface area contributed by atoms with Crippen LogP contribution in [-0.4, -0.2) is 40.1 Å². The molecular weight excluding hydrogens is 418 g/mol. The normalized spacial score (nSPS) is 12.0. The number of carbonyl (C=O) groups excluding carboxylic acids is 2. The summed E-state index contributed by atoms with van der Waals surface area (Å²) in [5.74, 6) is -0.716. The van der Waals surface area contributed by atoms with Crippen molar-refractivity contribution in [3.63, 3.8) is 0 Å². The molecule has 4 N–H and O–H groups in total. The first-order valence-corrected chi connectivity index (χ1v) is 10.3. The molecule has 0 bridgehead atoms. The van der Waals surface area contributed by atoms with E-state index in [-0.39, 0.29) is 12.0 Å². The summed E-state index contributed by atoms with van der Waals surface area (Å²) in [7, 11) is 1.49. The lowest BCUT2D eigenvalue weighted by molar-refractivity contribution is -0.119. The Labute approximate surface area is 190 Å². The van der Waals surface area contributed by atoms with Crippen LogP contribution in [0.2, 0.25) is 0 Å². The largest absolute Gasteiger partial charge is 0.495 e. The van der Waals surface area contributed by atoms with E-state index in [0.29, 0.717) is 22.3 Å². The van der Waals surface area contributed by atoms with Crippen molar-refractivity contribution in [1.82, 2.24) is 20.5 Å². The molecule has 4 aromatic rings. The number of carbonyl (C=O) groups is 2. The van der Waals surface area contributed by atoms with Crippen LogP contribution in [0.1, 0.15) is 27.2 Å². The fourth-order valence-corrected chi connectivity index (χ4v) is 3.58. The van der Waals surface area contributed by atoms with Crippen LogP contribution in [-0.2, 0) is 11.2 Å². The highest BCUT2D eigenvalue weighted by molar-refractivity contribution is 6.06. The Bertz CT molecular complexity index is 1300. The van der Waals surface area contributed by atoms with Crippen LogP contribution >= 0.6 is 0 Å². The Morgan fingerprint density at radius 1 is 1.09 bits per heavy atom. The maximum atomic E-state index is 13.1. The van der Waals surface area contributed by atoms with Crippen molar-refractivity contribution in [2.75, 3.05) is 7.11 Å². The van der Waals surface area contributed by atoms with Crippen LogP contribution in [0.4, 0.5) is 0 Å². The maximum Gasteiger partial charge on any atom is 0.255 e. The van der Waals surface area contributed by atoms with Crippen molar-refractivity contribution in [3.05, 3.63) is 89.4 Å². The van der Waals surface area contributed by atoms with Gasteiger partial charge < -0.3 is 15.8 Å². The Hall–Kier alpha value is -4.46. The summed E-state index contributed by atoms with van der Waals surface area (Å²) in [4.78, 5) is 29.2. The van der Waals surface area contributed by atoms with Gasteiger partial charge in [-0.2, -0.15) is 5.10 Å². The molecular formula is C25H23N5O3. The molecule has 33 heavy (non-hydrogen) atoms. The van der Waals surface area contributed by atoms with E-state index >= 15 is 0 Å². The van der Waals surface area contributed by atoms with Gasteiger partial charge in [-0.1, -0.05) is 36.4 Å². The molecule has 0 aliphatic carbocycles. The number of aromatic amines is 1. The molecule has 0 spiro atoms. The lowest BCUT2D eigenvalue weighted by atomic mass is 10.0. The van der Waals surface area contributed by atoms with Gasteiger partial charge in [-0.15, -0.1) is 0 Å². The van der Waals surface area contributed by atoms with Crippen molar-refractivity contribution in [2.24, 2.45) is 5.73 Å². The minimum absolute atomic E-state index is 0.282. The molecule has 1 unspecified atom stereocenters. The number of hydrogen-bond acceptors (Lipinski definition) is 5. The SMILES string of the molecule is COc1c(C(=O)NC(Cc2ccccc2)C(N)=O)ccc2n[nH]c(/C=C/c3ccncc3)c12. The summed E-state index contributed by atoms with van der Waals surface area (Å²) >= 11 is 0. The number of amides is 2. The van der Waals surface area contributed by atoms with Crippen LogP contribution in [0.25, 0.3) is 23.1 Å². The number of fused-ring (bicyclic) bond motifs is 1. The number of ether oxygens (including phenoxy) is 1. The number of nitrogens with one attached hydrogen (secondary N) is 2. The van der Waals surface area contributed by atoms with Gasteiger partial charge in [0.05, 0.1) is 29.3 Å². The Morgan fingerprint density at radius 3 is 2.55 bits per heavy atom. The fourth-order valence-electron chi connectivity index (χ4n) is 3.58. The van der Waals surface area contributed by atoms with E-state index < -0.39 is 17.9 Å². The van der Waals surface area contributed by atoms with Crippen LogP contribution in [0.3, 0.4) is 0 Å². The van der Waals surface area contributed by atoms with Crippen LogP contribution < -0.4 is 15.8 Å². The monoisotopic (exact) mass is 441 g/mol. The van der Waals surface area contributed by atoms with Crippen LogP contribution in [0, 0.1) is 0 Å². The van der Waals surface area contributed by atoms with Gasteiger partial charge in [-0.05, 0) is 41.5 Å². The second kappa shape index (κ2) is 9.78. The first-order chi connectivity index (χ1) is 16.1. The Morgan fingerprint density at radius 2 is 1.85 bits per heavy atom. The third-order valence-electron chi connectivity index (χ3n) is 5.23. The molecule has 0 saturated heterocycles. The van der Waals surface area contributed by atoms with Crippen LogP contribution in [0.15, 0.2) is 67.0 Å². The molecule has 2 aromatic carbocycles. The van der Waals surface area contributed by atoms with Gasteiger partial charge in [0, 0.05) is 18.8 Å². The quantitative estimate of drug-likeness (QED) is 0.388. The lowest BCUT2D eigenvalue weighted by Gasteiger charge is -2.17. The molecule has 0 saturated carbocycles. The summed E-state index contributed by atoms with van der Waals surface area (Å²) in [6, 6.07) is 15.6. The van der Waals surface area contributed by atoms with Gasteiger partial charge in [-0.25, -0.2) is 0 Å². The number of methoxy groups -OCH3 is 1. The van der Waals surface area contributed by atoms with Crippen molar-refractivity contribution >= 4 is 34.9 Å². The average molecular weight is 441 g/mol. The molecule has 0 radical (unpaired) electrons. The van der Waals surface area contributed by atoms with Gasteiger partial charge in [-0.3, -0.25) is 19.7 Å². The first kappa shape index (κ1) is 21.8. The van der Waals surface area contributed by atoms with Gasteiger partial charge >= 0.3 is 0 Å². The van der Waals surface area contributed by atoms with Gasteiger partial charge in [0.2, 0.25) is 5.91 Å². The molecule has 166 valence electrons. The zero-order valence-electron chi connectivity index (χ0n) is 18.0. The van der Waals surface area contributed by atoms with Crippen molar-refractivity contribution in [2.45, 2.75) is 12.5 Å². The highest BCUT2D eigenvalue weighted by atomic mass is 16.5.